The minimum absolute atomic E-state index is 0.168. The van der Waals surface area contributed by atoms with Crippen LogP contribution in [0.4, 0.5) is 4.79 Å². The molecule has 1 amide bonds. The quantitative estimate of drug-likeness (QED) is 0.533. The Labute approximate surface area is 170 Å². The van der Waals surface area contributed by atoms with Crippen LogP contribution in [0.3, 0.4) is 0 Å². The van der Waals surface area contributed by atoms with Gasteiger partial charge in [-0.1, -0.05) is 12.1 Å². The van der Waals surface area contributed by atoms with Gasteiger partial charge in [0.1, 0.15) is 0 Å². The highest BCUT2D eigenvalue weighted by atomic mass is 17.2. The van der Waals surface area contributed by atoms with Gasteiger partial charge in [0.15, 0.2) is 11.5 Å². The normalized spacial score (nSPS) is 15.6. The zero-order valence-electron chi connectivity index (χ0n) is 16.9. The van der Waals surface area contributed by atoms with Gasteiger partial charge in [0.05, 0.1) is 5.57 Å². The van der Waals surface area contributed by atoms with Crippen molar-refractivity contribution >= 4 is 12.1 Å². The molecule has 1 aromatic rings. The van der Waals surface area contributed by atoms with Crippen molar-refractivity contribution in [1.29, 1.82) is 0 Å². The Morgan fingerprint density at radius 3 is 2.76 bits per heavy atom. The monoisotopic (exact) mass is 402 g/mol. The molecule has 0 saturated carbocycles. The van der Waals surface area contributed by atoms with Crippen molar-refractivity contribution < 1.29 is 28.8 Å². The fourth-order valence-electron chi connectivity index (χ4n) is 3.26. The second kappa shape index (κ2) is 9.36. The first-order chi connectivity index (χ1) is 14.0. The van der Waals surface area contributed by atoms with E-state index in [-0.39, 0.29) is 12.8 Å². The van der Waals surface area contributed by atoms with E-state index in [0.29, 0.717) is 36.5 Å². The molecule has 0 aromatic heterocycles. The summed E-state index contributed by atoms with van der Waals surface area (Å²) in [5.74, 6) is 0.749. The Morgan fingerprint density at radius 1 is 1.21 bits per heavy atom. The van der Waals surface area contributed by atoms with E-state index in [1.807, 2.05) is 56.1 Å². The van der Waals surface area contributed by atoms with Gasteiger partial charge in [0.2, 0.25) is 6.79 Å². The van der Waals surface area contributed by atoms with Crippen molar-refractivity contribution in [3.63, 3.8) is 0 Å². The van der Waals surface area contributed by atoms with E-state index in [4.69, 9.17) is 19.2 Å². The van der Waals surface area contributed by atoms with E-state index in [9.17, 15) is 9.59 Å². The number of hydrogen-bond acceptors (Lipinski definition) is 7. The maximum absolute atomic E-state index is 12.4. The Kier molecular flexibility index (Phi) is 6.64. The van der Waals surface area contributed by atoms with E-state index in [1.54, 1.807) is 6.20 Å². The van der Waals surface area contributed by atoms with Crippen molar-refractivity contribution in [3.8, 4) is 11.5 Å². The van der Waals surface area contributed by atoms with Crippen LogP contribution >= 0.6 is 0 Å². The second-order valence-electron chi connectivity index (χ2n) is 6.82. The molecule has 0 radical (unpaired) electrons. The van der Waals surface area contributed by atoms with Crippen LogP contribution in [-0.2, 0) is 21.0 Å². The lowest BCUT2D eigenvalue weighted by molar-refractivity contribution is -0.233. The predicted octanol–water partition coefficient (Wildman–Crippen LogP) is 3.39. The molecule has 29 heavy (non-hydrogen) atoms. The third kappa shape index (κ3) is 5.01. The molecule has 0 aliphatic carbocycles. The van der Waals surface area contributed by atoms with Crippen LogP contribution in [0.1, 0.15) is 32.8 Å². The molecule has 2 aliphatic rings. The molecule has 2 aliphatic heterocycles. The molecule has 0 bridgehead atoms. The van der Waals surface area contributed by atoms with Crippen LogP contribution in [0.5, 0.6) is 11.5 Å². The van der Waals surface area contributed by atoms with Gasteiger partial charge in [-0.05, 0) is 51.1 Å². The molecule has 8 nitrogen and oxygen atoms in total. The summed E-state index contributed by atoms with van der Waals surface area (Å²) in [5, 5.41) is 0. The molecule has 1 atom stereocenters. The average molecular weight is 402 g/mol. The molecular weight excluding hydrogens is 376 g/mol. The Morgan fingerprint density at radius 2 is 2.00 bits per heavy atom. The molecule has 0 N–H and O–H groups in total. The number of likely N-dealkylation sites (N-methyl/N-ethyl adjacent to an activating group) is 1. The van der Waals surface area contributed by atoms with Gasteiger partial charge < -0.3 is 19.3 Å². The van der Waals surface area contributed by atoms with Gasteiger partial charge >= 0.3 is 12.1 Å². The largest absolute Gasteiger partial charge is 0.454 e. The third-order valence-electron chi connectivity index (χ3n) is 4.85. The predicted molar refractivity (Wildman–Crippen MR) is 105 cm³/mol. The number of ether oxygens (including phenoxy) is 2. The zero-order valence-corrected chi connectivity index (χ0v) is 16.9. The first kappa shape index (κ1) is 20.6. The first-order valence-electron chi connectivity index (χ1n) is 9.72. The molecule has 8 heteroatoms. The molecule has 0 saturated heterocycles. The summed E-state index contributed by atoms with van der Waals surface area (Å²) < 4.78 is 10.7. The smallest absolute Gasteiger partial charge is 0.453 e. The minimum atomic E-state index is -0.701. The fraction of sp³-hybridized carbons (Fsp3) is 0.429. The number of nitrogens with zero attached hydrogens (tertiary/aromatic N) is 2. The zero-order chi connectivity index (χ0) is 20.8. The Balaban J connectivity index is 1.54. The van der Waals surface area contributed by atoms with Gasteiger partial charge in [0.25, 0.3) is 0 Å². The second-order valence-corrected chi connectivity index (χ2v) is 6.82. The maximum Gasteiger partial charge on any atom is 0.453 e. The third-order valence-corrected chi connectivity index (χ3v) is 4.85. The molecular formula is C21H26N2O6. The Bertz CT molecular complexity index is 819. The summed E-state index contributed by atoms with van der Waals surface area (Å²) in [6.07, 6.45) is 5.76. The van der Waals surface area contributed by atoms with Gasteiger partial charge in [-0.25, -0.2) is 19.4 Å². The van der Waals surface area contributed by atoms with Gasteiger partial charge in [-0.15, -0.1) is 0 Å². The van der Waals surface area contributed by atoms with E-state index in [1.165, 1.54) is 4.90 Å². The summed E-state index contributed by atoms with van der Waals surface area (Å²) in [6.45, 7) is 7.08. The number of benzene rings is 1. The SMILES string of the molecule is CCN1C=CCC(C(=O)OOC(=O)N(CC)C(C)Cc2ccc3c(c2)OCO3)=C1. The number of carbonyl (C=O) groups excluding carboxylic acids is 2. The summed E-state index contributed by atoms with van der Waals surface area (Å²) in [4.78, 5) is 37.6. The maximum atomic E-state index is 12.4. The van der Waals surface area contributed by atoms with Crippen molar-refractivity contribution in [3.05, 3.63) is 47.8 Å². The standard InChI is InChI=1S/C21H26N2O6/c1-4-22-10-6-7-17(13-22)20(24)28-29-21(25)23(5-2)15(3)11-16-8-9-18-19(12-16)27-14-26-18/h6,8-10,12-13,15H,4-5,7,11,14H2,1-3H3. The molecule has 0 fully saturated rings. The van der Waals surface area contributed by atoms with Crippen LogP contribution in [0.15, 0.2) is 42.2 Å². The lowest BCUT2D eigenvalue weighted by Gasteiger charge is -2.26. The fourth-order valence-corrected chi connectivity index (χ4v) is 3.26. The highest BCUT2D eigenvalue weighted by Crippen LogP contribution is 2.33. The van der Waals surface area contributed by atoms with Crippen LogP contribution in [0, 0.1) is 0 Å². The highest BCUT2D eigenvalue weighted by molar-refractivity contribution is 5.89. The van der Waals surface area contributed by atoms with Gasteiger partial charge in [0, 0.05) is 31.8 Å². The summed E-state index contributed by atoms with van der Waals surface area (Å²) in [5.41, 5.74) is 1.43. The van der Waals surface area contributed by atoms with E-state index >= 15 is 0 Å². The number of amides is 1. The number of allylic oxidation sites excluding steroid dienone is 1. The van der Waals surface area contributed by atoms with Crippen LogP contribution in [-0.4, -0.2) is 47.8 Å². The molecule has 3 rings (SSSR count). The molecule has 1 unspecified atom stereocenters. The molecule has 2 heterocycles. The van der Waals surface area contributed by atoms with E-state index in [0.717, 1.165) is 12.1 Å². The summed E-state index contributed by atoms with van der Waals surface area (Å²) in [7, 11) is 0. The molecule has 1 aromatic carbocycles. The molecule has 0 spiro atoms. The number of fused-ring (bicyclic) bond motifs is 1. The van der Waals surface area contributed by atoms with Crippen molar-refractivity contribution in [1.82, 2.24) is 9.80 Å². The van der Waals surface area contributed by atoms with Crippen LogP contribution < -0.4 is 9.47 Å². The summed E-state index contributed by atoms with van der Waals surface area (Å²) in [6, 6.07) is 5.53. The number of carbonyl (C=O) groups is 2. The van der Waals surface area contributed by atoms with Crippen LogP contribution in [0.2, 0.25) is 0 Å². The lowest BCUT2D eigenvalue weighted by atomic mass is 10.1. The topological polar surface area (TPSA) is 77.5 Å². The minimum Gasteiger partial charge on any atom is -0.454 e. The first-order valence-corrected chi connectivity index (χ1v) is 9.72. The van der Waals surface area contributed by atoms with E-state index < -0.39 is 12.1 Å². The van der Waals surface area contributed by atoms with E-state index in [2.05, 4.69) is 0 Å². The van der Waals surface area contributed by atoms with Gasteiger partial charge in [-0.3, -0.25) is 0 Å². The van der Waals surface area contributed by atoms with Crippen molar-refractivity contribution in [2.45, 2.75) is 39.7 Å². The van der Waals surface area contributed by atoms with Gasteiger partial charge in [-0.2, -0.15) is 0 Å². The lowest BCUT2D eigenvalue weighted by Crippen LogP contribution is -2.40. The molecule has 156 valence electrons. The summed E-state index contributed by atoms with van der Waals surface area (Å²) >= 11 is 0. The Hall–Kier alpha value is -3.16. The van der Waals surface area contributed by atoms with Crippen molar-refractivity contribution in [2.75, 3.05) is 19.9 Å². The number of rotatable bonds is 6. The van der Waals surface area contributed by atoms with Crippen LogP contribution in [0.25, 0.3) is 0 Å². The highest BCUT2D eigenvalue weighted by Gasteiger charge is 2.24. The average Bonchev–Trinajstić information content (AvgIpc) is 3.20. The van der Waals surface area contributed by atoms with Crippen molar-refractivity contribution in [2.24, 2.45) is 0 Å². The number of hydrogen-bond donors (Lipinski definition) is 0.